The molecule has 8 bridgehead atoms. The smallest absolute Gasteiger partial charge is 0.331 e. The maximum absolute atomic E-state index is 13.7. The molecule has 9 unspecified atom stereocenters. The molecule has 506 valence electrons. The van der Waals surface area contributed by atoms with Crippen molar-refractivity contribution in [2.75, 3.05) is 27.4 Å². The van der Waals surface area contributed by atoms with Crippen LogP contribution in [-0.2, 0) is 76.1 Å². The minimum Gasteiger partial charge on any atom is -0.469 e. The number of ether oxygens (including phenoxy) is 10. The number of aliphatic hydroxyl groups excluding tert-OH is 8. The van der Waals surface area contributed by atoms with Crippen molar-refractivity contribution in [1.82, 2.24) is 0 Å². The molecule has 10 rings (SSSR count). The molecular weight excluding hydrogens is 1180 g/mol. The predicted octanol–water partition coefficient (Wildman–Crippen LogP) is 3.33. The molecule has 0 radical (unpaired) electrons. The van der Waals surface area contributed by atoms with Gasteiger partial charge in [-0.3, -0.25) is 19.2 Å². The van der Waals surface area contributed by atoms with Crippen molar-refractivity contribution < 1.29 is 117 Å². The first kappa shape index (κ1) is 68.7. The van der Waals surface area contributed by atoms with Crippen LogP contribution >= 0.6 is 0 Å². The van der Waals surface area contributed by atoms with Gasteiger partial charge in [0.05, 0.1) is 49.5 Å². The summed E-state index contributed by atoms with van der Waals surface area (Å²) >= 11 is 0. The van der Waals surface area contributed by atoms with Crippen molar-refractivity contribution in [2.45, 2.75) is 255 Å². The van der Waals surface area contributed by atoms with Crippen LogP contribution in [0.25, 0.3) is 0 Å². The first-order valence-corrected chi connectivity index (χ1v) is 32.7. The minimum absolute atomic E-state index is 0.0508. The monoisotopic (exact) mass is 1270 g/mol. The third-order valence-corrected chi connectivity index (χ3v) is 25.0. The summed E-state index contributed by atoms with van der Waals surface area (Å²) in [4.78, 5) is 80.3. The van der Waals surface area contributed by atoms with E-state index < -0.39 is 178 Å². The third-order valence-electron chi connectivity index (χ3n) is 25.0. The first-order valence-electron chi connectivity index (χ1n) is 32.7. The van der Waals surface area contributed by atoms with Crippen molar-refractivity contribution in [2.24, 2.45) is 69.0 Å². The molecule has 90 heavy (non-hydrogen) atoms. The number of cyclic esters (lactones) is 2. The maximum atomic E-state index is 13.7. The largest absolute Gasteiger partial charge is 0.469 e. The van der Waals surface area contributed by atoms with Crippen LogP contribution in [0.3, 0.4) is 0 Å². The number of methoxy groups -OCH3 is 2. The lowest BCUT2D eigenvalue weighted by atomic mass is 9.44. The van der Waals surface area contributed by atoms with E-state index in [0.717, 1.165) is 0 Å². The summed E-state index contributed by atoms with van der Waals surface area (Å²) in [5.41, 5.74) is -6.39. The molecule has 4 saturated carbocycles. The second-order valence-electron chi connectivity index (χ2n) is 29.4. The Hall–Kier alpha value is -4.18. The molecule has 28 atom stereocenters. The highest BCUT2D eigenvalue weighted by molar-refractivity contribution is 5.86. The molecule has 0 spiro atoms. The maximum Gasteiger partial charge on any atom is 0.331 e. The molecule has 24 nitrogen and oxygen atoms in total. The number of aliphatic hydroxyl groups is 8. The molecule has 8 N–H and O–H groups in total. The Balaban J connectivity index is 0.945. The van der Waals surface area contributed by atoms with Gasteiger partial charge in [0.1, 0.15) is 73.2 Å². The van der Waals surface area contributed by atoms with E-state index in [-0.39, 0.29) is 88.3 Å². The molecular formula is C66H98O24. The first-order chi connectivity index (χ1) is 42.3. The van der Waals surface area contributed by atoms with Crippen LogP contribution in [0.15, 0.2) is 23.3 Å². The molecule has 0 aromatic heterocycles. The van der Waals surface area contributed by atoms with E-state index in [1.54, 1.807) is 13.8 Å². The number of fused-ring (bicyclic) bond motifs is 12. The van der Waals surface area contributed by atoms with E-state index in [1.807, 2.05) is 13.8 Å². The number of rotatable bonds is 17. The Kier molecular flexibility index (Phi) is 19.7. The highest BCUT2D eigenvalue weighted by atomic mass is 16.7. The van der Waals surface area contributed by atoms with Gasteiger partial charge in [0.2, 0.25) is 0 Å². The van der Waals surface area contributed by atoms with Crippen LogP contribution in [0, 0.1) is 69.0 Å². The molecule has 6 heterocycles. The second-order valence-corrected chi connectivity index (χ2v) is 29.4. The highest BCUT2D eigenvalue weighted by Crippen LogP contribution is 2.66. The minimum atomic E-state index is -1.88. The van der Waals surface area contributed by atoms with Gasteiger partial charge >= 0.3 is 35.8 Å². The molecule has 0 amide bonds. The van der Waals surface area contributed by atoms with Crippen molar-refractivity contribution >= 4 is 35.8 Å². The lowest BCUT2D eigenvalue weighted by Gasteiger charge is -2.61. The SMILES string of the molecule is COC(=O)[C@@]1(C)[C@@H](O)CC[C@@]2(C)[C@H]3CCC4(C[C@@H](OC(C)=O)C(CCCCC(C5=CC(=O)OC5)[C@H](CC56CC[C@@H]7[C@@H](C)[C@H](C[C@@H]8[C@]7(C)CC[C@@H](O)[C@@]8(C)C(=O)OC)O[C@@H](C(O)C(O)O5)C6O)OC(C)=O)C5=CC(=O)OC5)O[C@@H](O)C(O)[C@@H](O[C@H](C[C@@H]21)[C@H]3C)C4O. The molecule has 0 aromatic rings. The predicted molar refractivity (Wildman–Crippen MR) is 312 cm³/mol. The summed E-state index contributed by atoms with van der Waals surface area (Å²) in [6.45, 7) is 13.8. The fourth-order valence-electron chi connectivity index (χ4n) is 20.1. The molecule has 6 aliphatic heterocycles. The van der Waals surface area contributed by atoms with Crippen molar-refractivity contribution in [3.8, 4) is 0 Å². The fraction of sp³-hybridized carbons (Fsp3) is 0.848. The van der Waals surface area contributed by atoms with Gasteiger partial charge in [-0.2, -0.15) is 0 Å². The molecule has 10 aliphatic rings. The van der Waals surface area contributed by atoms with Crippen LogP contribution in [0.5, 0.6) is 0 Å². The zero-order valence-corrected chi connectivity index (χ0v) is 53.7. The van der Waals surface area contributed by atoms with Gasteiger partial charge in [-0.05, 0) is 148 Å². The quantitative estimate of drug-likeness (QED) is 0.0588. The van der Waals surface area contributed by atoms with Crippen molar-refractivity contribution in [3.63, 3.8) is 0 Å². The topological polar surface area (TPSA) is 357 Å². The Morgan fingerprint density at radius 3 is 1.26 bits per heavy atom. The number of hydrogen-bond donors (Lipinski definition) is 8. The van der Waals surface area contributed by atoms with Gasteiger partial charge in [-0.15, -0.1) is 0 Å². The Morgan fingerprint density at radius 2 is 0.933 bits per heavy atom. The van der Waals surface area contributed by atoms with Crippen molar-refractivity contribution in [3.05, 3.63) is 23.3 Å². The second kappa shape index (κ2) is 25.9. The van der Waals surface area contributed by atoms with E-state index in [1.165, 1.54) is 40.2 Å². The summed E-state index contributed by atoms with van der Waals surface area (Å²) < 4.78 is 60.6. The molecule has 24 heteroatoms. The van der Waals surface area contributed by atoms with Crippen LogP contribution in [0.2, 0.25) is 0 Å². The summed E-state index contributed by atoms with van der Waals surface area (Å²) in [7, 11) is 2.58. The number of unbranched alkanes of at least 4 members (excludes halogenated alkanes) is 1. The lowest BCUT2D eigenvalue weighted by Crippen LogP contribution is -2.66. The fourth-order valence-corrected chi connectivity index (χ4v) is 20.1. The Morgan fingerprint density at radius 1 is 0.567 bits per heavy atom. The van der Waals surface area contributed by atoms with Gasteiger partial charge in [-0.25, -0.2) is 9.59 Å². The molecule has 8 fully saturated rings. The number of hydrogen-bond acceptors (Lipinski definition) is 24. The van der Waals surface area contributed by atoms with E-state index in [9.17, 15) is 69.6 Å². The van der Waals surface area contributed by atoms with E-state index in [0.29, 0.717) is 62.5 Å². The van der Waals surface area contributed by atoms with Gasteiger partial charge < -0.3 is 88.2 Å². The highest BCUT2D eigenvalue weighted by Gasteiger charge is 2.69. The Bertz CT molecular complexity index is 2590. The van der Waals surface area contributed by atoms with E-state index in [2.05, 4.69) is 13.8 Å². The molecule has 0 aromatic carbocycles. The summed E-state index contributed by atoms with van der Waals surface area (Å²) in [5.74, 6) is -7.17. The molecule has 4 saturated heterocycles. The summed E-state index contributed by atoms with van der Waals surface area (Å²) in [6, 6.07) is 0. The van der Waals surface area contributed by atoms with Gasteiger partial charge in [-0.1, -0.05) is 40.5 Å². The van der Waals surface area contributed by atoms with Crippen LogP contribution < -0.4 is 0 Å². The summed E-state index contributed by atoms with van der Waals surface area (Å²) in [6.07, 6.45) is -12.8. The van der Waals surface area contributed by atoms with Gasteiger partial charge in [0.25, 0.3) is 0 Å². The van der Waals surface area contributed by atoms with Crippen LogP contribution in [-0.4, -0.2) is 201 Å². The normalized spacial score (nSPS) is 46.1. The zero-order valence-electron chi connectivity index (χ0n) is 53.7. The number of carbonyl (C=O) groups is 6. The zero-order chi connectivity index (χ0) is 65.5. The third kappa shape index (κ3) is 11.8. The summed E-state index contributed by atoms with van der Waals surface area (Å²) in [5, 5.41) is 95.3. The lowest BCUT2D eigenvalue weighted by molar-refractivity contribution is -0.338. The van der Waals surface area contributed by atoms with Crippen LogP contribution in [0.1, 0.15) is 158 Å². The van der Waals surface area contributed by atoms with Gasteiger partial charge in [0, 0.05) is 50.7 Å². The van der Waals surface area contributed by atoms with Crippen LogP contribution in [0.4, 0.5) is 0 Å². The average Bonchev–Trinajstić information content (AvgIpc) is 1.11. The Labute approximate surface area is 525 Å². The van der Waals surface area contributed by atoms with Crippen molar-refractivity contribution in [1.29, 1.82) is 0 Å². The van der Waals surface area contributed by atoms with Gasteiger partial charge in [0.15, 0.2) is 12.6 Å². The number of carbonyl (C=O) groups excluding carboxylic acids is 6. The molecule has 4 aliphatic carbocycles. The van der Waals surface area contributed by atoms with E-state index >= 15 is 0 Å². The van der Waals surface area contributed by atoms with E-state index in [4.69, 9.17) is 47.4 Å². The standard InChI is InChI=1S/C66H98O24/c1-31-39-15-21-65(55(75)53(51(73)57(77)89-65)87-41(31)25-45-61(39,5)19-17-47(69)63(45,7)59(79)81-9)27-43(85-33(3)67)37(35-23-49(71)83-29-35)13-11-12-14-38(36-24-50(72)84-30-36)44(86-34(4)68)28-66-22-16-40-32(2)42(88-54(56(66)76)52(74)58(78)90-66)26-46-62(40,6)20-18-48(70)64(46,8)60(80)82-10/h23-24,31-32,37-48,51-58,69-70,73-78H,11-22,25-30H2,1-10H3/t31-,32+,37?,38?,39-,40+,41+,42-,43+,44-,45-,46+,47-,48+,51?,52?,53+,54-,55?,56?,57+,58?,61-,62+,63+,64-,65?,66?/m0/s1. The number of esters is 6. The average molecular weight is 1280 g/mol.